The van der Waals surface area contributed by atoms with Crippen LogP contribution >= 0.6 is 11.6 Å². The van der Waals surface area contributed by atoms with E-state index >= 15 is 0 Å². The second-order valence-corrected chi connectivity index (χ2v) is 4.58. The third-order valence-electron chi connectivity index (χ3n) is 2.74. The lowest BCUT2D eigenvalue weighted by molar-refractivity contribution is 0.0962. The second-order valence-electron chi connectivity index (χ2n) is 4.22. The SMILES string of the molecule is CNC(=O)c1ccc(NC(=O)c2cc(N)cnc2Cl)cc1. The Labute approximate surface area is 126 Å². The van der Waals surface area contributed by atoms with Gasteiger partial charge in [0.1, 0.15) is 5.15 Å². The van der Waals surface area contributed by atoms with Gasteiger partial charge in [0.15, 0.2) is 0 Å². The van der Waals surface area contributed by atoms with Gasteiger partial charge in [-0.3, -0.25) is 9.59 Å². The molecule has 0 unspecified atom stereocenters. The summed E-state index contributed by atoms with van der Waals surface area (Å²) >= 11 is 5.86. The maximum Gasteiger partial charge on any atom is 0.258 e. The summed E-state index contributed by atoms with van der Waals surface area (Å²) in [5, 5.41) is 5.25. The van der Waals surface area contributed by atoms with Crippen molar-refractivity contribution in [2.45, 2.75) is 0 Å². The fourth-order valence-corrected chi connectivity index (χ4v) is 1.86. The molecular formula is C14H13ClN4O2. The first-order valence-corrected chi connectivity index (χ1v) is 6.43. The first kappa shape index (κ1) is 14.8. The van der Waals surface area contributed by atoms with Gasteiger partial charge >= 0.3 is 0 Å². The minimum absolute atomic E-state index is 0.0729. The molecule has 0 aliphatic carbocycles. The van der Waals surface area contributed by atoms with Crippen LogP contribution in [0, 0.1) is 0 Å². The Kier molecular flexibility index (Phi) is 4.39. The van der Waals surface area contributed by atoms with Crippen LogP contribution in [-0.2, 0) is 0 Å². The highest BCUT2D eigenvalue weighted by atomic mass is 35.5. The summed E-state index contributed by atoms with van der Waals surface area (Å²) in [6, 6.07) is 7.90. The highest BCUT2D eigenvalue weighted by molar-refractivity contribution is 6.33. The summed E-state index contributed by atoms with van der Waals surface area (Å²) in [5.41, 5.74) is 7.15. The Hall–Kier alpha value is -2.60. The van der Waals surface area contributed by atoms with E-state index in [1.54, 1.807) is 31.3 Å². The highest BCUT2D eigenvalue weighted by Gasteiger charge is 2.12. The van der Waals surface area contributed by atoms with E-state index in [1.165, 1.54) is 12.3 Å². The monoisotopic (exact) mass is 304 g/mol. The van der Waals surface area contributed by atoms with Gasteiger partial charge in [0.25, 0.3) is 11.8 Å². The summed E-state index contributed by atoms with van der Waals surface area (Å²) in [6.45, 7) is 0. The number of rotatable bonds is 3. The Morgan fingerprint density at radius 3 is 2.48 bits per heavy atom. The summed E-state index contributed by atoms with van der Waals surface area (Å²) in [4.78, 5) is 27.3. The molecule has 21 heavy (non-hydrogen) atoms. The number of aromatic nitrogens is 1. The average Bonchev–Trinajstić information content (AvgIpc) is 2.49. The van der Waals surface area contributed by atoms with Gasteiger partial charge in [0.2, 0.25) is 0 Å². The molecule has 4 N–H and O–H groups in total. The Morgan fingerprint density at radius 2 is 1.86 bits per heavy atom. The predicted octanol–water partition coefficient (Wildman–Crippen LogP) is 1.93. The first-order chi connectivity index (χ1) is 10.0. The van der Waals surface area contributed by atoms with Gasteiger partial charge in [-0.05, 0) is 30.3 Å². The number of nitrogens with one attached hydrogen (secondary N) is 2. The molecular weight excluding hydrogens is 292 g/mol. The molecule has 2 aromatic rings. The molecule has 0 radical (unpaired) electrons. The smallest absolute Gasteiger partial charge is 0.258 e. The van der Waals surface area contributed by atoms with Crippen molar-refractivity contribution in [3.8, 4) is 0 Å². The van der Waals surface area contributed by atoms with Crippen LogP contribution in [0.3, 0.4) is 0 Å². The molecule has 0 atom stereocenters. The van der Waals surface area contributed by atoms with Crippen molar-refractivity contribution in [1.29, 1.82) is 0 Å². The van der Waals surface area contributed by atoms with Gasteiger partial charge in [-0.1, -0.05) is 11.6 Å². The minimum Gasteiger partial charge on any atom is -0.397 e. The van der Waals surface area contributed by atoms with Crippen molar-refractivity contribution in [1.82, 2.24) is 10.3 Å². The molecule has 1 heterocycles. The van der Waals surface area contributed by atoms with Crippen LogP contribution in [0.5, 0.6) is 0 Å². The van der Waals surface area contributed by atoms with Gasteiger partial charge in [0, 0.05) is 18.3 Å². The molecule has 0 aliphatic heterocycles. The van der Waals surface area contributed by atoms with Crippen LogP contribution < -0.4 is 16.4 Å². The van der Waals surface area contributed by atoms with Crippen molar-refractivity contribution in [3.05, 3.63) is 52.8 Å². The Bertz CT molecular complexity index is 686. The lowest BCUT2D eigenvalue weighted by atomic mass is 10.2. The number of nitrogens with zero attached hydrogens (tertiary/aromatic N) is 1. The second kappa shape index (κ2) is 6.23. The Morgan fingerprint density at radius 1 is 1.19 bits per heavy atom. The van der Waals surface area contributed by atoms with Crippen LogP contribution in [0.25, 0.3) is 0 Å². The number of pyridine rings is 1. The van der Waals surface area contributed by atoms with Crippen molar-refractivity contribution >= 4 is 34.8 Å². The van der Waals surface area contributed by atoms with Crippen LogP contribution in [0.1, 0.15) is 20.7 Å². The molecule has 0 saturated heterocycles. The minimum atomic E-state index is -0.424. The topological polar surface area (TPSA) is 97.1 Å². The van der Waals surface area contributed by atoms with E-state index < -0.39 is 5.91 Å². The molecule has 0 bridgehead atoms. The summed E-state index contributed by atoms with van der Waals surface area (Å²) < 4.78 is 0. The summed E-state index contributed by atoms with van der Waals surface area (Å²) in [6.07, 6.45) is 1.37. The predicted molar refractivity (Wildman–Crippen MR) is 81.4 cm³/mol. The standard InChI is InChI=1S/C14H13ClN4O2/c1-17-13(20)8-2-4-10(5-3-8)19-14(21)11-6-9(16)7-18-12(11)15/h2-7H,16H2,1H3,(H,17,20)(H,19,21). The number of nitrogens with two attached hydrogens (primary N) is 1. The summed E-state index contributed by atoms with van der Waals surface area (Å²) in [5.74, 6) is -0.622. The Balaban J connectivity index is 2.16. The van der Waals surface area contributed by atoms with Crippen molar-refractivity contribution < 1.29 is 9.59 Å². The summed E-state index contributed by atoms with van der Waals surface area (Å²) in [7, 11) is 1.55. The quantitative estimate of drug-likeness (QED) is 0.755. The van der Waals surface area contributed by atoms with E-state index in [0.717, 1.165) is 0 Å². The zero-order chi connectivity index (χ0) is 15.4. The number of amides is 2. The molecule has 1 aromatic heterocycles. The number of benzene rings is 1. The van der Waals surface area contributed by atoms with E-state index in [-0.39, 0.29) is 16.6 Å². The van der Waals surface area contributed by atoms with Crippen molar-refractivity contribution in [3.63, 3.8) is 0 Å². The zero-order valence-corrected chi connectivity index (χ0v) is 11.9. The number of halogens is 1. The number of carbonyl (C=O) groups is 2. The van der Waals surface area contributed by atoms with Gasteiger partial charge in [-0.25, -0.2) is 4.98 Å². The van der Waals surface area contributed by atoms with Gasteiger partial charge in [0.05, 0.1) is 17.4 Å². The first-order valence-electron chi connectivity index (χ1n) is 6.06. The van der Waals surface area contributed by atoms with Crippen molar-refractivity contribution in [2.75, 3.05) is 18.1 Å². The van der Waals surface area contributed by atoms with E-state index in [4.69, 9.17) is 17.3 Å². The fourth-order valence-electron chi connectivity index (χ4n) is 1.67. The van der Waals surface area contributed by atoms with E-state index in [9.17, 15) is 9.59 Å². The van der Waals surface area contributed by atoms with E-state index in [1.807, 2.05) is 0 Å². The number of anilines is 2. The number of carbonyl (C=O) groups excluding carboxylic acids is 2. The maximum absolute atomic E-state index is 12.1. The van der Waals surface area contributed by atoms with Crippen LogP contribution in [0.4, 0.5) is 11.4 Å². The van der Waals surface area contributed by atoms with Gasteiger partial charge < -0.3 is 16.4 Å². The van der Waals surface area contributed by atoms with Crippen LogP contribution in [0.2, 0.25) is 5.15 Å². The fraction of sp³-hybridized carbons (Fsp3) is 0.0714. The van der Waals surface area contributed by atoms with Crippen LogP contribution in [0.15, 0.2) is 36.5 Å². The number of hydrogen-bond donors (Lipinski definition) is 3. The average molecular weight is 305 g/mol. The number of hydrogen-bond acceptors (Lipinski definition) is 4. The van der Waals surface area contributed by atoms with Crippen LogP contribution in [-0.4, -0.2) is 23.8 Å². The largest absolute Gasteiger partial charge is 0.397 e. The molecule has 0 spiro atoms. The molecule has 0 fully saturated rings. The van der Waals surface area contributed by atoms with E-state index in [0.29, 0.717) is 16.9 Å². The van der Waals surface area contributed by atoms with E-state index in [2.05, 4.69) is 15.6 Å². The molecule has 7 heteroatoms. The zero-order valence-electron chi connectivity index (χ0n) is 11.2. The lowest BCUT2D eigenvalue weighted by Gasteiger charge is -2.07. The molecule has 108 valence electrons. The molecule has 1 aromatic carbocycles. The third-order valence-corrected chi connectivity index (χ3v) is 3.04. The molecule has 6 nitrogen and oxygen atoms in total. The van der Waals surface area contributed by atoms with Gasteiger partial charge in [-0.15, -0.1) is 0 Å². The molecule has 2 amide bonds. The number of nitrogen functional groups attached to an aromatic ring is 1. The normalized spacial score (nSPS) is 10.0. The third kappa shape index (κ3) is 3.49. The van der Waals surface area contributed by atoms with Crippen molar-refractivity contribution in [2.24, 2.45) is 0 Å². The molecule has 0 aliphatic rings. The lowest BCUT2D eigenvalue weighted by Crippen LogP contribution is -2.18. The molecule has 0 saturated carbocycles. The highest BCUT2D eigenvalue weighted by Crippen LogP contribution is 2.18. The maximum atomic E-state index is 12.1. The molecule has 2 rings (SSSR count). The van der Waals surface area contributed by atoms with Gasteiger partial charge in [-0.2, -0.15) is 0 Å².